The second-order valence-electron chi connectivity index (χ2n) is 4.73. The fourth-order valence-electron chi connectivity index (χ4n) is 2.24. The quantitative estimate of drug-likeness (QED) is 0.706. The van der Waals surface area contributed by atoms with Crippen LogP contribution in [-0.4, -0.2) is 9.52 Å². The highest BCUT2D eigenvalue weighted by atomic mass is 28.2. The topological polar surface area (TPSA) is 0 Å². The number of aryl methyl sites for hydroxylation is 1. The zero-order valence-electron chi connectivity index (χ0n) is 11.0. The van der Waals surface area contributed by atoms with Crippen LogP contribution in [0.4, 0.5) is 0 Å². The van der Waals surface area contributed by atoms with Crippen molar-refractivity contribution >= 4 is 14.7 Å². The molecular formula is C16H20Si. The van der Waals surface area contributed by atoms with Crippen LogP contribution in [0.5, 0.6) is 0 Å². The van der Waals surface area contributed by atoms with E-state index >= 15 is 0 Å². The first-order chi connectivity index (χ1) is 8.22. The van der Waals surface area contributed by atoms with E-state index in [0.29, 0.717) is 0 Å². The van der Waals surface area contributed by atoms with E-state index in [2.05, 4.69) is 51.1 Å². The lowest BCUT2D eigenvalue weighted by molar-refractivity contribution is 0.927. The van der Waals surface area contributed by atoms with Crippen LogP contribution < -0.4 is 5.19 Å². The molecule has 1 aromatic rings. The van der Waals surface area contributed by atoms with Gasteiger partial charge in [-0.1, -0.05) is 65.2 Å². The second kappa shape index (κ2) is 5.50. The van der Waals surface area contributed by atoms with E-state index in [-0.39, 0.29) is 0 Å². The van der Waals surface area contributed by atoms with Gasteiger partial charge in [-0.15, -0.1) is 0 Å². The van der Waals surface area contributed by atoms with Gasteiger partial charge in [0.2, 0.25) is 0 Å². The van der Waals surface area contributed by atoms with E-state index < -0.39 is 0 Å². The van der Waals surface area contributed by atoms with Gasteiger partial charge in [0.15, 0.2) is 0 Å². The maximum absolute atomic E-state index is 2.36. The van der Waals surface area contributed by atoms with E-state index in [1.165, 1.54) is 29.6 Å². The van der Waals surface area contributed by atoms with Crippen LogP contribution in [0.1, 0.15) is 39.2 Å². The average molecular weight is 240 g/mol. The van der Waals surface area contributed by atoms with Crippen molar-refractivity contribution in [1.29, 1.82) is 0 Å². The van der Waals surface area contributed by atoms with Gasteiger partial charge in [-0.05, 0) is 32.3 Å². The van der Waals surface area contributed by atoms with Crippen molar-refractivity contribution in [3.8, 4) is 0 Å². The zero-order chi connectivity index (χ0) is 12.3. The van der Waals surface area contributed by atoms with Crippen molar-refractivity contribution in [1.82, 2.24) is 0 Å². The SMILES string of the molecule is CCCc1ccccc1[Si]C1=C(C)C(C)=CC1. The van der Waals surface area contributed by atoms with Gasteiger partial charge in [0.05, 0.1) is 0 Å². The normalized spacial score (nSPS) is 15.4. The molecule has 1 aliphatic carbocycles. The molecule has 2 radical (unpaired) electrons. The summed E-state index contributed by atoms with van der Waals surface area (Å²) in [6.45, 7) is 6.75. The number of allylic oxidation sites excluding steroid dienone is 4. The molecule has 0 aliphatic heterocycles. The molecule has 1 heteroatoms. The van der Waals surface area contributed by atoms with E-state index in [1.807, 2.05) is 0 Å². The molecule has 0 N–H and O–H groups in total. The molecule has 0 amide bonds. The largest absolute Gasteiger partial charge is 0.117 e. The van der Waals surface area contributed by atoms with Crippen LogP contribution in [0.25, 0.3) is 0 Å². The molecule has 1 aromatic carbocycles. The number of rotatable bonds is 4. The van der Waals surface area contributed by atoms with Gasteiger partial charge in [-0.3, -0.25) is 0 Å². The highest BCUT2D eigenvalue weighted by Gasteiger charge is 2.13. The monoisotopic (exact) mass is 240 g/mol. The van der Waals surface area contributed by atoms with Crippen LogP contribution in [0.15, 0.2) is 46.7 Å². The van der Waals surface area contributed by atoms with E-state index in [0.717, 1.165) is 15.9 Å². The van der Waals surface area contributed by atoms with Crippen LogP contribution in [-0.2, 0) is 6.42 Å². The van der Waals surface area contributed by atoms with Gasteiger partial charge in [0, 0.05) is 0 Å². The van der Waals surface area contributed by atoms with Gasteiger partial charge < -0.3 is 0 Å². The maximum Gasteiger partial charge on any atom is 0.117 e. The Labute approximate surface area is 107 Å². The third kappa shape index (κ3) is 2.78. The van der Waals surface area contributed by atoms with Gasteiger partial charge >= 0.3 is 0 Å². The smallest absolute Gasteiger partial charge is 0.0777 e. The number of hydrogen-bond donors (Lipinski definition) is 0. The number of hydrogen-bond acceptors (Lipinski definition) is 0. The molecule has 0 spiro atoms. The first-order valence-corrected chi connectivity index (χ1v) is 7.44. The summed E-state index contributed by atoms with van der Waals surface area (Å²) < 4.78 is 0. The van der Waals surface area contributed by atoms with Crippen LogP contribution in [0, 0.1) is 0 Å². The minimum absolute atomic E-state index is 0.861. The Morgan fingerprint density at radius 1 is 1.18 bits per heavy atom. The molecule has 1 aliphatic rings. The molecule has 0 unspecified atom stereocenters. The number of benzene rings is 1. The summed E-state index contributed by atoms with van der Waals surface area (Å²) in [6, 6.07) is 8.93. The third-order valence-corrected chi connectivity index (χ3v) is 5.12. The van der Waals surface area contributed by atoms with Crippen molar-refractivity contribution in [2.24, 2.45) is 0 Å². The lowest BCUT2D eigenvalue weighted by atomic mass is 10.1. The van der Waals surface area contributed by atoms with Crippen LogP contribution >= 0.6 is 0 Å². The van der Waals surface area contributed by atoms with Crippen molar-refractivity contribution < 1.29 is 0 Å². The van der Waals surface area contributed by atoms with Gasteiger partial charge in [-0.2, -0.15) is 0 Å². The van der Waals surface area contributed by atoms with E-state index in [1.54, 1.807) is 10.4 Å². The lowest BCUT2D eigenvalue weighted by Crippen LogP contribution is -2.21. The first-order valence-electron chi connectivity index (χ1n) is 6.44. The summed E-state index contributed by atoms with van der Waals surface area (Å²) in [5.74, 6) is 0. The Kier molecular flexibility index (Phi) is 4.00. The lowest BCUT2D eigenvalue weighted by Gasteiger charge is -2.09. The molecule has 0 saturated heterocycles. The Morgan fingerprint density at radius 2 is 1.94 bits per heavy atom. The Morgan fingerprint density at radius 3 is 2.59 bits per heavy atom. The van der Waals surface area contributed by atoms with Crippen molar-refractivity contribution in [3.05, 3.63) is 52.2 Å². The second-order valence-corrected chi connectivity index (χ2v) is 6.12. The predicted molar refractivity (Wildman–Crippen MR) is 76.9 cm³/mol. The summed E-state index contributed by atoms with van der Waals surface area (Å²) in [5, 5.41) is 3.18. The highest BCUT2D eigenvalue weighted by Crippen LogP contribution is 2.24. The van der Waals surface area contributed by atoms with Gasteiger partial charge in [-0.25, -0.2) is 0 Å². The molecule has 0 fully saturated rings. The van der Waals surface area contributed by atoms with Crippen molar-refractivity contribution in [3.63, 3.8) is 0 Å². The van der Waals surface area contributed by atoms with E-state index in [4.69, 9.17) is 0 Å². The summed E-state index contributed by atoms with van der Waals surface area (Å²) in [5.41, 5.74) is 4.54. The summed E-state index contributed by atoms with van der Waals surface area (Å²) in [6.07, 6.45) is 5.97. The summed E-state index contributed by atoms with van der Waals surface area (Å²) in [4.78, 5) is 0. The first kappa shape index (κ1) is 12.4. The molecule has 0 aromatic heterocycles. The molecule has 0 saturated carbocycles. The summed E-state index contributed by atoms with van der Waals surface area (Å²) >= 11 is 0. The van der Waals surface area contributed by atoms with Crippen LogP contribution in [0.3, 0.4) is 0 Å². The molecule has 0 nitrogen and oxygen atoms in total. The predicted octanol–water partition coefficient (Wildman–Crippen LogP) is 3.59. The zero-order valence-corrected chi connectivity index (χ0v) is 12.0. The Hall–Kier alpha value is -1.08. The standard InChI is InChI=1S/C16H20Si/c1-4-7-14-8-5-6-9-16(14)17-15-11-10-12(2)13(15)3/h5-6,8-10H,4,7,11H2,1-3H3. The van der Waals surface area contributed by atoms with Crippen molar-refractivity contribution in [2.75, 3.05) is 0 Å². The fraction of sp³-hybridized carbons (Fsp3) is 0.375. The third-order valence-electron chi connectivity index (χ3n) is 3.48. The molecular weight excluding hydrogens is 220 g/mol. The average Bonchev–Trinajstić information content (AvgIpc) is 2.64. The molecule has 2 rings (SSSR count). The fourth-order valence-corrected chi connectivity index (χ4v) is 3.70. The Balaban J connectivity index is 2.20. The molecule has 0 atom stereocenters. The molecule has 17 heavy (non-hydrogen) atoms. The molecule has 88 valence electrons. The van der Waals surface area contributed by atoms with Crippen molar-refractivity contribution in [2.45, 2.75) is 40.0 Å². The molecule has 0 heterocycles. The highest BCUT2D eigenvalue weighted by molar-refractivity contribution is 6.62. The van der Waals surface area contributed by atoms with E-state index in [9.17, 15) is 0 Å². The maximum atomic E-state index is 2.36. The minimum Gasteiger partial charge on any atom is -0.0777 e. The van der Waals surface area contributed by atoms with Crippen LogP contribution in [0.2, 0.25) is 0 Å². The minimum atomic E-state index is 0.861. The molecule has 0 bridgehead atoms. The summed E-state index contributed by atoms with van der Waals surface area (Å²) in [7, 11) is 0.861. The van der Waals surface area contributed by atoms with Gasteiger partial charge in [0.25, 0.3) is 0 Å². The van der Waals surface area contributed by atoms with Gasteiger partial charge in [0.1, 0.15) is 9.52 Å². The Bertz CT molecular complexity index is 466.